The lowest BCUT2D eigenvalue weighted by Gasteiger charge is -2.28. The molecule has 1 aromatic carbocycles. The van der Waals surface area contributed by atoms with Gasteiger partial charge in [-0.2, -0.15) is 4.79 Å². The van der Waals surface area contributed by atoms with E-state index in [0.29, 0.717) is 0 Å². The Bertz CT molecular complexity index is 495. The highest BCUT2D eigenvalue weighted by atomic mass is 16.6. The molecule has 4 heteroatoms. The van der Waals surface area contributed by atoms with Gasteiger partial charge in [-0.05, 0) is 63.4 Å². The second-order valence-electron chi connectivity index (χ2n) is 7.31. The van der Waals surface area contributed by atoms with Gasteiger partial charge in [0.25, 0.3) is 0 Å². The van der Waals surface area contributed by atoms with Crippen LogP contribution in [0.3, 0.4) is 0 Å². The number of hydrogen-bond acceptors (Lipinski definition) is 3. The van der Waals surface area contributed by atoms with Crippen LogP contribution in [-0.2, 0) is 11.2 Å². The van der Waals surface area contributed by atoms with Crippen LogP contribution in [0.2, 0.25) is 0 Å². The van der Waals surface area contributed by atoms with E-state index in [9.17, 15) is 4.79 Å². The Morgan fingerprint density at radius 2 is 1.84 bits per heavy atom. The summed E-state index contributed by atoms with van der Waals surface area (Å²) in [6.07, 6.45) is 9.80. The van der Waals surface area contributed by atoms with Crippen molar-refractivity contribution in [1.29, 1.82) is 0 Å². The van der Waals surface area contributed by atoms with Gasteiger partial charge in [0.15, 0.2) is 0 Å². The molecule has 0 radical (unpaired) electrons. The minimum Gasteiger partial charge on any atom is -0.415 e. The van der Waals surface area contributed by atoms with Crippen LogP contribution >= 0.6 is 0 Å². The predicted molar refractivity (Wildman–Crippen MR) is 102 cm³/mol. The molecule has 0 aromatic heterocycles. The number of hydrogen-bond donors (Lipinski definition) is 1. The second-order valence-corrected chi connectivity index (χ2v) is 7.31. The number of primary amides is 1. The van der Waals surface area contributed by atoms with E-state index < -0.39 is 0 Å². The number of unbranched alkanes of at least 4 members (excludes halogenated alkanes) is 3. The van der Waals surface area contributed by atoms with Crippen molar-refractivity contribution in [2.75, 3.05) is 19.6 Å². The third kappa shape index (κ3) is 8.02. The molecule has 1 fully saturated rings. The largest absolute Gasteiger partial charge is 0.518 e. The van der Waals surface area contributed by atoms with Crippen molar-refractivity contribution in [2.24, 2.45) is 0 Å². The molecule has 1 atom stereocenters. The summed E-state index contributed by atoms with van der Waals surface area (Å²) in [4.78, 5) is 14.5. The van der Waals surface area contributed by atoms with Gasteiger partial charge in [-0.1, -0.05) is 44.7 Å². The molecule has 0 bridgehead atoms. The number of quaternary nitrogens is 1. The van der Waals surface area contributed by atoms with Crippen molar-refractivity contribution in [3.63, 3.8) is 0 Å². The number of ether oxygens (including phenoxy) is 1. The molecule has 1 aromatic rings. The molecule has 0 spiro atoms. The number of piperidine rings is 1. The molecule has 2 rings (SSSR count). The van der Waals surface area contributed by atoms with Crippen LogP contribution in [-0.4, -0.2) is 36.7 Å². The fourth-order valence-corrected chi connectivity index (χ4v) is 3.45. The normalized spacial score (nSPS) is 16.6. The number of rotatable bonds is 9. The average Bonchev–Trinajstić information content (AvgIpc) is 2.61. The Labute approximate surface area is 152 Å². The first-order chi connectivity index (χ1) is 12.2. The van der Waals surface area contributed by atoms with Crippen molar-refractivity contribution in [1.82, 2.24) is 4.90 Å². The first-order valence-corrected chi connectivity index (χ1v) is 10.0. The number of nitrogens with two attached hydrogens (primary N) is 1. The molecule has 25 heavy (non-hydrogen) atoms. The van der Waals surface area contributed by atoms with E-state index in [1.54, 1.807) is 5.32 Å². The molecule has 1 amide bonds. The maximum Gasteiger partial charge on any atom is 0.518 e. The average molecular weight is 348 g/mol. The highest BCUT2D eigenvalue weighted by molar-refractivity contribution is 5.59. The number of nitrogens with zero attached hydrogens (tertiary/aromatic N) is 1. The molecule has 1 heterocycles. The highest BCUT2D eigenvalue weighted by Crippen LogP contribution is 2.11. The van der Waals surface area contributed by atoms with Gasteiger partial charge in [0.05, 0.1) is 0 Å². The predicted octanol–water partition coefficient (Wildman–Crippen LogP) is 4.02. The van der Waals surface area contributed by atoms with E-state index in [4.69, 9.17) is 4.74 Å². The van der Waals surface area contributed by atoms with Gasteiger partial charge < -0.3 is 4.74 Å². The van der Waals surface area contributed by atoms with Gasteiger partial charge in [-0.25, -0.2) is 5.32 Å². The van der Waals surface area contributed by atoms with E-state index in [1.165, 1.54) is 50.5 Å². The molecule has 140 valence electrons. The van der Waals surface area contributed by atoms with Crippen LogP contribution in [0.25, 0.3) is 0 Å². The maximum absolute atomic E-state index is 12.1. The number of likely N-dealkylation sites (tertiary alicyclic amines) is 1. The highest BCUT2D eigenvalue weighted by Gasteiger charge is 2.18. The van der Waals surface area contributed by atoms with Gasteiger partial charge >= 0.3 is 6.09 Å². The zero-order chi connectivity index (χ0) is 17.9. The molecular weight excluding hydrogens is 312 g/mol. The lowest BCUT2D eigenvalue weighted by Crippen LogP contribution is -2.82. The third-order valence-electron chi connectivity index (χ3n) is 4.86. The zero-order valence-electron chi connectivity index (χ0n) is 16.0. The number of carbonyl (C=O) groups is 1. The van der Waals surface area contributed by atoms with Crippen molar-refractivity contribution in [2.45, 2.75) is 71.3 Å². The molecule has 1 aliphatic heterocycles. The minimum atomic E-state index is -0.236. The third-order valence-corrected chi connectivity index (χ3v) is 4.86. The van der Waals surface area contributed by atoms with Crippen molar-refractivity contribution in [3.05, 3.63) is 29.8 Å². The van der Waals surface area contributed by atoms with Crippen LogP contribution in [0.1, 0.15) is 64.4 Å². The summed E-state index contributed by atoms with van der Waals surface area (Å²) in [7, 11) is 0. The molecule has 0 saturated carbocycles. The van der Waals surface area contributed by atoms with Gasteiger partial charge in [-0.3, -0.25) is 4.90 Å². The van der Waals surface area contributed by atoms with Crippen molar-refractivity contribution < 1.29 is 14.8 Å². The number of aryl methyl sites for hydroxylation is 1. The van der Waals surface area contributed by atoms with Crippen LogP contribution in [0.15, 0.2) is 24.3 Å². The lowest BCUT2D eigenvalue weighted by atomic mass is 10.1. The molecule has 2 N–H and O–H groups in total. The monoisotopic (exact) mass is 347 g/mol. The Kier molecular flexibility index (Phi) is 8.98. The summed E-state index contributed by atoms with van der Waals surface area (Å²) in [5.74, 6) is 0. The van der Waals surface area contributed by atoms with Crippen molar-refractivity contribution in [3.8, 4) is 0 Å². The number of amides is 1. The van der Waals surface area contributed by atoms with E-state index in [1.807, 2.05) is 19.1 Å². The Morgan fingerprint density at radius 3 is 2.52 bits per heavy atom. The van der Waals surface area contributed by atoms with E-state index in [2.05, 4.69) is 24.0 Å². The van der Waals surface area contributed by atoms with Gasteiger partial charge in [-0.15, -0.1) is 0 Å². The summed E-state index contributed by atoms with van der Waals surface area (Å²) in [6.45, 7) is 7.32. The van der Waals surface area contributed by atoms with Gasteiger partial charge in [0, 0.05) is 6.54 Å². The maximum atomic E-state index is 12.1. The SMILES string of the molecule is CCCCCCc1ccc([NH2+]C(=O)O[C@@H](C)CN2CCCCC2)cc1. The topological polar surface area (TPSA) is 46.1 Å². The molecule has 0 aliphatic carbocycles. The fourth-order valence-electron chi connectivity index (χ4n) is 3.45. The smallest absolute Gasteiger partial charge is 0.415 e. The molecular formula is C21H35N2O2+. The minimum absolute atomic E-state index is 0.0558. The van der Waals surface area contributed by atoms with E-state index in [-0.39, 0.29) is 12.2 Å². The first-order valence-electron chi connectivity index (χ1n) is 10.0. The Balaban J connectivity index is 1.68. The Morgan fingerprint density at radius 1 is 1.12 bits per heavy atom. The first kappa shape index (κ1) is 19.9. The number of benzene rings is 1. The zero-order valence-corrected chi connectivity index (χ0v) is 16.0. The summed E-state index contributed by atoms with van der Waals surface area (Å²) in [5.41, 5.74) is 2.27. The van der Waals surface area contributed by atoms with Gasteiger partial charge in [0.2, 0.25) is 0 Å². The van der Waals surface area contributed by atoms with Crippen LogP contribution < -0.4 is 5.32 Å². The molecule has 4 nitrogen and oxygen atoms in total. The second kappa shape index (κ2) is 11.3. The summed E-state index contributed by atoms with van der Waals surface area (Å²) >= 11 is 0. The summed E-state index contributed by atoms with van der Waals surface area (Å²) < 4.78 is 5.54. The van der Waals surface area contributed by atoms with E-state index >= 15 is 0 Å². The number of carbonyl (C=O) groups excluding carboxylic acids is 1. The Hall–Kier alpha value is -1.39. The van der Waals surface area contributed by atoms with Crippen LogP contribution in [0.4, 0.5) is 10.5 Å². The summed E-state index contributed by atoms with van der Waals surface area (Å²) in [6, 6.07) is 8.29. The van der Waals surface area contributed by atoms with E-state index in [0.717, 1.165) is 31.7 Å². The van der Waals surface area contributed by atoms with Crippen LogP contribution in [0, 0.1) is 0 Å². The van der Waals surface area contributed by atoms with Gasteiger partial charge in [0.1, 0.15) is 11.8 Å². The standard InChI is InChI=1S/C21H34N2O2/c1-3-4-5-7-10-19-11-13-20(14-12-19)22-21(24)25-18(2)17-23-15-8-6-9-16-23/h11-14,18H,3-10,15-17H2,1-2H3,(H,22,24)/p+1/t18-/m0/s1. The quantitative estimate of drug-likeness (QED) is 0.542. The van der Waals surface area contributed by atoms with Crippen LogP contribution in [0.5, 0.6) is 0 Å². The molecule has 1 saturated heterocycles. The summed E-state index contributed by atoms with van der Waals surface area (Å²) in [5, 5.41) is 1.60. The lowest BCUT2D eigenvalue weighted by molar-refractivity contribution is -0.484. The fraction of sp³-hybridized carbons (Fsp3) is 0.667. The molecule has 1 aliphatic rings. The molecule has 0 unspecified atom stereocenters. The van der Waals surface area contributed by atoms with Crippen molar-refractivity contribution >= 4 is 11.8 Å².